The third-order valence-corrected chi connectivity index (χ3v) is 3.35. The van der Waals surface area contributed by atoms with E-state index in [4.69, 9.17) is 9.15 Å². The number of ether oxygens (including phenoxy) is 1. The van der Waals surface area contributed by atoms with Crippen molar-refractivity contribution in [2.75, 3.05) is 7.11 Å². The van der Waals surface area contributed by atoms with Crippen LogP contribution in [0.5, 0.6) is 5.75 Å². The van der Waals surface area contributed by atoms with E-state index in [1.54, 1.807) is 41.2 Å². The summed E-state index contributed by atoms with van der Waals surface area (Å²) in [6.45, 7) is 0.0844. The molecular formula is C17H14NO4+. The number of carbonyl (C=O) groups excluding carboxylic acids is 1. The molecule has 1 aromatic carbocycles. The Balaban J connectivity index is 2.02. The minimum absolute atomic E-state index is 0.0390. The van der Waals surface area contributed by atoms with Crippen LogP contribution in [0.2, 0.25) is 0 Å². The zero-order chi connectivity index (χ0) is 15.5. The van der Waals surface area contributed by atoms with Crippen molar-refractivity contribution in [1.29, 1.82) is 0 Å². The van der Waals surface area contributed by atoms with Crippen LogP contribution in [-0.4, -0.2) is 12.9 Å². The third kappa shape index (κ3) is 2.61. The van der Waals surface area contributed by atoms with Crippen molar-refractivity contribution >= 4 is 16.8 Å². The second kappa shape index (κ2) is 5.81. The van der Waals surface area contributed by atoms with Gasteiger partial charge >= 0.3 is 5.63 Å². The summed E-state index contributed by atoms with van der Waals surface area (Å²) in [5, 5.41) is 0.653. The van der Waals surface area contributed by atoms with Crippen molar-refractivity contribution in [3.8, 4) is 5.75 Å². The van der Waals surface area contributed by atoms with E-state index in [1.807, 2.05) is 18.2 Å². The average Bonchev–Trinajstić information content (AvgIpc) is 2.54. The first-order valence-electron chi connectivity index (χ1n) is 6.77. The van der Waals surface area contributed by atoms with Crippen LogP contribution in [0.4, 0.5) is 0 Å². The normalized spacial score (nSPS) is 10.6. The minimum Gasteiger partial charge on any atom is -0.493 e. The molecule has 0 saturated heterocycles. The smallest absolute Gasteiger partial charge is 0.347 e. The van der Waals surface area contributed by atoms with Crippen LogP contribution in [-0.2, 0) is 6.54 Å². The van der Waals surface area contributed by atoms with E-state index in [-0.39, 0.29) is 17.9 Å². The summed E-state index contributed by atoms with van der Waals surface area (Å²) < 4.78 is 12.1. The Morgan fingerprint density at radius 2 is 1.95 bits per heavy atom. The number of aromatic nitrogens is 1. The van der Waals surface area contributed by atoms with Crippen molar-refractivity contribution in [2.45, 2.75) is 6.54 Å². The molecule has 0 spiro atoms. The highest BCUT2D eigenvalue weighted by atomic mass is 16.5. The zero-order valence-corrected chi connectivity index (χ0v) is 12.0. The molecular weight excluding hydrogens is 282 g/mol. The number of pyridine rings is 1. The maximum atomic E-state index is 12.3. The summed E-state index contributed by atoms with van der Waals surface area (Å²) in [4.78, 5) is 24.4. The van der Waals surface area contributed by atoms with Gasteiger partial charge in [0.15, 0.2) is 23.7 Å². The highest BCUT2D eigenvalue weighted by molar-refractivity contribution is 5.98. The van der Waals surface area contributed by atoms with E-state index in [0.29, 0.717) is 16.7 Å². The standard InChI is InChI=1S/C17H14NO4/c1-21-15-7-5-6-12-10-13(17(20)22-16(12)15)14(19)11-18-8-3-2-4-9-18/h2-10H,11H2,1H3/q+1. The molecule has 22 heavy (non-hydrogen) atoms. The summed E-state index contributed by atoms with van der Waals surface area (Å²) in [6.07, 6.45) is 3.53. The van der Waals surface area contributed by atoms with Gasteiger partial charge in [-0.1, -0.05) is 18.2 Å². The molecule has 110 valence electrons. The number of hydrogen-bond donors (Lipinski definition) is 0. The maximum Gasteiger partial charge on any atom is 0.347 e. The number of fused-ring (bicyclic) bond motifs is 1. The molecule has 0 N–H and O–H groups in total. The van der Waals surface area contributed by atoms with Gasteiger partial charge in [-0.05, 0) is 12.1 Å². The van der Waals surface area contributed by atoms with Crippen molar-refractivity contribution < 1.29 is 18.5 Å². The Labute approximate surface area is 126 Å². The lowest BCUT2D eigenvalue weighted by atomic mass is 10.1. The molecule has 5 nitrogen and oxygen atoms in total. The predicted molar refractivity (Wildman–Crippen MR) is 80.0 cm³/mol. The fraction of sp³-hybridized carbons (Fsp3) is 0.118. The van der Waals surface area contributed by atoms with E-state index < -0.39 is 5.63 Å². The Morgan fingerprint density at radius 1 is 1.18 bits per heavy atom. The molecule has 0 unspecified atom stereocenters. The van der Waals surface area contributed by atoms with E-state index in [1.165, 1.54) is 7.11 Å². The second-order valence-electron chi connectivity index (χ2n) is 4.80. The number of carbonyl (C=O) groups is 1. The molecule has 0 aliphatic carbocycles. The van der Waals surface area contributed by atoms with E-state index in [9.17, 15) is 9.59 Å². The number of nitrogens with zero attached hydrogens (tertiary/aromatic N) is 1. The Morgan fingerprint density at radius 3 is 2.68 bits per heavy atom. The number of hydrogen-bond acceptors (Lipinski definition) is 4. The lowest BCUT2D eigenvalue weighted by Gasteiger charge is -2.04. The first-order valence-corrected chi connectivity index (χ1v) is 6.77. The quantitative estimate of drug-likeness (QED) is 0.419. The molecule has 0 amide bonds. The second-order valence-corrected chi connectivity index (χ2v) is 4.80. The van der Waals surface area contributed by atoms with Gasteiger partial charge in [0, 0.05) is 17.5 Å². The van der Waals surface area contributed by atoms with Crippen molar-refractivity contribution in [1.82, 2.24) is 0 Å². The molecule has 0 saturated carbocycles. The monoisotopic (exact) mass is 296 g/mol. The molecule has 2 heterocycles. The maximum absolute atomic E-state index is 12.3. The lowest BCUT2D eigenvalue weighted by molar-refractivity contribution is -0.683. The van der Waals surface area contributed by atoms with Crippen LogP contribution in [0.1, 0.15) is 10.4 Å². The van der Waals surface area contributed by atoms with Crippen LogP contribution in [0.25, 0.3) is 11.0 Å². The Kier molecular flexibility index (Phi) is 3.70. The van der Waals surface area contributed by atoms with E-state index in [2.05, 4.69) is 0 Å². The van der Waals surface area contributed by atoms with Gasteiger partial charge in [0.05, 0.1) is 7.11 Å². The summed E-state index contributed by atoms with van der Waals surface area (Å²) in [5.74, 6) is 0.167. The zero-order valence-electron chi connectivity index (χ0n) is 12.0. The van der Waals surface area contributed by atoms with Crippen LogP contribution < -0.4 is 14.9 Å². The van der Waals surface area contributed by atoms with Gasteiger partial charge in [0.1, 0.15) is 5.56 Å². The fourth-order valence-electron chi connectivity index (χ4n) is 2.26. The summed E-state index contributed by atoms with van der Waals surface area (Å²) >= 11 is 0. The van der Waals surface area contributed by atoms with Crippen molar-refractivity contribution in [3.63, 3.8) is 0 Å². The molecule has 0 aliphatic heterocycles. The van der Waals surface area contributed by atoms with Gasteiger partial charge < -0.3 is 9.15 Å². The predicted octanol–water partition coefficient (Wildman–Crippen LogP) is 1.97. The third-order valence-electron chi connectivity index (χ3n) is 3.35. The molecule has 0 bridgehead atoms. The number of benzene rings is 1. The Hall–Kier alpha value is -2.95. The van der Waals surface area contributed by atoms with E-state index in [0.717, 1.165) is 0 Å². The topological polar surface area (TPSA) is 60.4 Å². The first kappa shape index (κ1) is 14.0. The van der Waals surface area contributed by atoms with Gasteiger partial charge in [0.25, 0.3) is 0 Å². The minimum atomic E-state index is -0.654. The molecule has 0 radical (unpaired) electrons. The van der Waals surface area contributed by atoms with Gasteiger partial charge in [-0.15, -0.1) is 0 Å². The van der Waals surface area contributed by atoms with Gasteiger partial charge in [-0.2, -0.15) is 4.57 Å². The average molecular weight is 296 g/mol. The highest BCUT2D eigenvalue weighted by Crippen LogP contribution is 2.24. The number of rotatable bonds is 4. The number of ketones is 1. The van der Waals surface area contributed by atoms with Crippen molar-refractivity contribution in [2.24, 2.45) is 0 Å². The Bertz CT molecular complexity index is 884. The van der Waals surface area contributed by atoms with Crippen LogP contribution in [0.3, 0.4) is 0 Å². The molecule has 3 aromatic rings. The van der Waals surface area contributed by atoms with E-state index >= 15 is 0 Å². The fourth-order valence-corrected chi connectivity index (χ4v) is 2.26. The van der Waals surface area contributed by atoms with Crippen LogP contribution in [0.15, 0.2) is 64.1 Å². The molecule has 5 heteroatoms. The largest absolute Gasteiger partial charge is 0.493 e. The van der Waals surface area contributed by atoms with Crippen LogP contribution >= 0.6 is 0 Å². The number of Topliss-reactive ketones (excluding diaryl/α,β-unsaturated/α-hetero) is 1. The van der Waals surface area contributed by atoms with Gasteiger partial charge in [0.2, 0.25) is 12.3 Å². The summed E-state index contributed by atoms with van der Waals surface area (Å²) in [6, 6.07) is 12.3. The highest BCUT2D eigenvalue weighted by Gasteiger charge is 2.18. The molecule has 0 fully saturated rings. The summed E-state index contributed by atoms with van der Waals surface area (Å²) in [5.41, 5.74) is -0.269. The van der Waals surface area contributed by atoms with Crippen LogP contribution in [0, 0.1) is 0 Å². The lowest BCUT2D eigenvalue weighted by Crippen LogP contribution is -2.38. The van der Waals surface area contributed by atoms with Gasteiger partial charge in [-0.25, -0.2) is 4.79 Å². The number of methoxy groups -OCH3 is 1. The number of para-hydroxylation sites is 1. The summed E-state index contributed by atoms with van der Waals surface area (Å²) in [7, 11) is 1.50. The van der Waals surface area contributed by atoms with Gasteiger partial charge in [-0.3, -0.25) is 4.79 Å². The molecule has 2 aromatic heterocycles. The molecule has 0 aliphatic rings. The SMILES string of the molecule is COc1cccc2cc(C(=O)C[n+]3ccccc3)c(=O)oc12. The first-order chi connectivity index (χ1) is 10.7. The van der Waals surface area contributed by atoms with Crippen molar-refractivity contribution in [3.05, 3.63) is 70.8 Å². The molecule has 0 atom stereocenters. The molecule has 3 rings (SSSR count).